The molecule has 1 saturated carbocycles. The molecule has 1 aromatic rings. The lowest BCUT2D eigenvalue weighted by molar-refractivity contribution is 0.0130. The Morgan fingerprint density at radius 2 is 1.84 bits per heavy atom. The molecule has 0 spiro atoms. The molecule has 1 aliphatic rings. The Bertz CT molecular complexity index is 693. The van der Waals surface area contributed by atoms with Crippen LogP contribution in [0, 0.1) is 0 Å². The molecule has 7 heteroatoms. The zero-order valence-corrected chi connectivity index (χ0v) is 20.4. The topological polar surface area (TPSA) is 44.8 Å². The fraction of sp³-hybridized carbons (Fsp3) is 0.625. The zero-order chi connectivity index (χ0) is 22.6. The quantitative estimate of drug-likeness (QED) is 0.282. The van der Waals surface area contributed by atoms with E-state index < -0.39 is 0 Å². The molecule has 1 aliphatic carbocycles. The highest BCUT2D eigenvalue weighted by Gasteiger charge is 2.27. The Labute approximate surface area is 197 Å². The van der Waals surface area contributed by atoms with Gasteiger partial charge >= 0.3 is 6.03 Å². The van der Waals surface area contributed by atoms with Crippen molar-refractivity contribution in [3.05, 3.63) is 40.9 Å². The summed E-state index contributed by atoms with van der Waals surface area (Å²) in [5, 5.41) is 3.80. The van der Waals surface area contributed by atoms with Crippen molar-refractivity contribution in [2.75, 3.05) is 39.1 Å². The summed E-state index contributed by atoms with van der Waals surface area (Å²) in [4.78, 5) is 16.7. The van der Waals surface area contributed by atoms with E-state index in [1.54, 1.807) is 23.1 Å². The lowest BCUT2D eigenvalue weighted by Gasteiger charge is -2.34. The molecule has 0 aromatic heterocycles. The van der Waals surface area contributed by atoms with Gasteiger partial charge in [-0.15, -0.1) is 6.58 Å². The van der Waals surface area contributed by atoms with Crippen molar-refractivity contribution in [2.45, 2.75) is 63.5 Å². The van der Waals surface area contributed by atoms with E-state index in [0.29, 0.717) is 21.8 Å². The largest absolute Gasteiger partial charge is 0.378 e. The van der Waals surface area contributed by atoms with Crippen LogP contribution in [-0.2, 0) is 4.74 Å². The van der Waals surface area contributed by atoms with Crippen LogP contribution in [0.2, 0.25) is 10.0 Å². The molecule has 1 N–H and O–H groups in total. The van der Waals surface area contributed by atoms with Gasteiger partial charge in [0.2, 0.25) is 0 Å². The van der Waals surface area contributed by atoms with Crippen molar-refractivity contribution in [1.29, 1.82) is 0 Å². The third kappa shape index (κ3) is 9.40. The highest BCUT2D eigenvalue weighted by atomic mass is 35.5. The first-order chi connectivity index (χ1) is 14.9. The fourth-order valence-electron chi connectivity index (χ4n) is 3.95. The molecule has 5 nitrogen and oxygen atoms in total. The van der Waals surface area contributed by atoms with E-state index >= 15 is 0 Å². The van der Waals surface area contributed by atoms with Gasteiger partial charge in [0, 0.05) is 31.9 Å². The van der Waals surface area contributed by atoms with Gasteiger partial charge in [0.15, 0.2) is 0 Å². The van der Waals surface area contributed by atoms with Crippen molar-refractivity contribution in [3.8, 4) is 0 Å². The van der Waals surface area contributed by atoms with E-state index in [1.807, 2.05) is 13.1 Å². The zero-order valence-electron chi connectivity index (χ0n) is 18.9. The minimum Gasteiger partial charge on any atom is -0.378 e. The smallest absolute Gasteiger partial charge is 0.321 e. The number of halogens is 2. The summed E-state index contributed by atoms with van der Waals surface area (Å²) in [5.41, 5.74) is 0.649. The van der Waals surface area contributed by atoms with E-state index in [4.69, 9.17) is 27.9 Å². The van der Waals surface area contributed by atoms with Crippen LogP contribution in [0.5, 0.6) is 0 Å². The number of rotatable bonds is 12. The molecule has 0 bridgehead atoms. The molecule has 0 atom stereocenters. The van der Waals surface area contributed by atoms with Gasteiger partial charge in [-0.2, -0.15) is 0 Å². The van der Waals surface area contributed by atoms with Gasteiger partial charge in [-0.25, -0.2) is 4.79 Å². The van der Waals surface area contributed by atoms with Crippen LogP contribution < -0.4 is 5.32 Å². The maximum Gasteiger partial charge on any atom is 0.321 e. The van der Waals surface area contributed by atoms with Crippen molar-refractivity contribution in [1.82, 2.24) is 9.80 Å². The number of nitrogens with zero attached hydrogens (tertiary/aromatic N) is 2. The average Bonchev–Trinajstić information content (AvgIpc) is 2.75. The van der Waals surface area contributed by atoms with E-state index in [0.717, 1.165) is 51.8 Å². The van der Waals surface area contributed by atoms with E-state index in [1.165, 1.54) is 19.3 Å². The van der Waals surface area contributed by atoms with Gasteiger partial charge in [-0.1, -0.05) is 42.1 Å². The summed E-state index contributed by atoms with van der Waals surface area (Å²) in [7, 11) is 3.99. The van der Waals surface area contributed by atoms with Crippen LogP contribution >= 0.6 is 23.2 Å². The number of ether oxygens (including phenoxy) is 1. The molecule has 0 saturated heterocycles. The number of nitrogens with one attached hydrogen (secondary N) is 1. The lowest BCUT2D eigenvalue weighted by Crippen LogP contribution is -2.42. The third-order valence-corrected chi connectivity index (χ3v) is 6.65. The van der Waals surface area contributed by atoms with Gasteiger partial charge in [0.25, 0.3) is 0 Å². The second kappa shape index (κ2) is 14.0. The minimum atomic E-state index is -0.124. The monoisotopic (exact) mass is 469 g/mol. The number of urea groups is 1. The molecule has 1 aromatic carbocycles. The van der Waals surface area contributed by atoms with Crippen molar-refractivity contribution >= 4 is 34.9 Å². The number of carbonyl (C=O) groups is 1. The standard InChI is InChI=1S/C24H37Cl2N3O2/c1-4-15-28(2)16-7-5-6-8-17-31-21-12-10-20(11-13-21)29(3)24(30)27-19-9-14-22(25)23(26)18-19/h4,9,14,18,20-21H,1,5-8,10-13,15-17H2,2-3H3,(H,27,30). The van der Waals surface area contributed by atoms with Gasteiger partial charge in [-0.3, -0.25) is 0 Å². The average molecular weight is 470 g/mol. The number of hydrogen-bond acceptors (Lipinski definition) is 3. The maximum absolute atomic E-state index is 12.6. The molecule has 31 heavy (non-hydrogen) atoms. The van der Waals surface area contributed by atoms with E-state index in [-0.39, 0.29) is 12.1 Å². The molecule has 2 rings (SSSR count). The summed E-state index contributed by atoms with van der Waals surface area (Å²) in [6.45, 7) is 6.69. The Morgan fingerprint density at radius 1 is 1.13 bits per heavy atom. The number of benzene rings is 1. The summed E-state index contributed by atoms with van der Waals surface area (Å²) >= 11 is 12.0. The first-order valence-electron chi connectivity index (χ1n) is 11.3. The summed E-state index contributed by atoms with van der Waals surface area (Å²) < 4.78 is 6.09. The van der Waals surface area contributed by atoms with Gasteiger partial charge in [-0.05, 0) is 70.3 Å². The first-order valence-corrected chi connectivity index (χ1v) is 12.1. The molecular formula is C24H37Cl2N3O2. The predicted octanol–water partition coefficient (Wildman–Crippen LogP) is 6.46. The van der Waals surface area contributed by atoms with Crippen LogP contribution in [0.1, 0.15) is 51.4 Å². The second-order valence-corrected chi connectivity index (χ2v) is 9.25. The second-order valence-electron chi connectivity index (χ2n) is 8.44. The Kier molecular flexibility index (Phi) is 11.7. The van der Waals surface area contributed by atoms with Crippen molar-refractivity contribution in [3.63, 3.8) is 0 Å². The SMILES string of the molecule is C=CCN(C)CCCCCCOC1CCC(N(C)C(=O)Nc2ccc(Cl)c(Cl)c2)CC1. The molecule has 0 aliphatic heterocycles. The van der Waals surface area contributed by atoms with Crippen LogP contribution in [0.15, 0.2) is 30.9 Å². The molecule has 1 fully saturated rings. The van der Waals surface area contributed by atoms with Crippen LogP contribution in [0.25, 0.3) is 0 Å². The first kappa shape index (κ1) is 26.0. The normalized spacial score (nSPS) is 18.7. The predicted molar refractivity (Wildman–Crippen MR) is 131 cm³/mol. The number of hydrogen-bond donors (Lipinski definition) is 1. The number of likely N-dealkylation sites (N-methyl/N-ethyl adjacent to an activating group) is 1. The third-order valence-electron chi connectivity index (χ3n) is 5.91. The molecule has 2 amide bonds. The summed E-state index contributed by atoms with van der Waals surface area (Å²) in [6.07, 6.45) is 11.0. The fourth-order valence-corrected chi connectivity index (χ4v) is 4.25. The van der Waals surface area contributed by atoms with Gasteiger partial charge < -0.3 is 19.9 Å². The molecule has 0 unspecified atom stereocenters. The summed E-state index contributed by atoms with van der Waals surface area (Å²) in [6, 6.07) is 5.21. The summed E-state index contributed by atoms with van der Waals surface area (Å²) in [5.74, 6) is 0. The van der Waals surface area contributed by atoms with Crippen LogP contribution in [0.3, 0.4) is 0 Å². The number of anilines is 1. The Morgan fingerprint density at radius 3 is 2.52 bits per heavy atom. The number of amides is 2. The van der Waals surface area contributed by atoms with Crippen LogP contribution in [-0.4, -0.2) is 61.8 Å². The number of carbonyl (C=O) groups excluding carboxylic acids is 1. The minimum absolute atomic E-state index is 0.124. The Balaban J connectivity index is 1.58. The maximum atomic E-state index is 12.6. The lowest BCUT2D eigenvalue weighted by atomic mass is 9.92. The molecule has 174 valence electrons. The molecule has 0 radical (unpaired) electrons. The van der Waals surface area contributed by atoms with E-state index in [9.17, 15) is 4.79 Å². The van der Waals surface area contributed by atoms with Crippen molar-refractivity contribution < 1.29 is 9.53 Å². The highest BCUT2D eigenvalue weighted by molar-refractivity contribution is 6.42. The van der Waals surface area contributed by atoms with Crippen LogP contribution in [0.4, 0.5) is 10.5 Å². The van der Waals surface area contributed by atoms with Gasteiger partial charge in [0.05, 0.1) is 16.1 Å². The highest BCUT2D eigenvalue weighted by Crippen LogP contribution is 2.27. The molecule has 0 heterocycles. The van der Waals surface area contributed by atoms with E-state index in [2.05, 4.69) is 23.8 Å². The number of unbranched alkanes of at least 4 members (excludes halogenated alkanes) is 3. The van der Waals surface area contributed by atoms with Gasteiger partial charge in [0.1, 0.15) is 0 Å². The Hall–Kier alpha value is -1.27. The van der Waals surface area contributed by atoms with Crippen molar-refractivity contribution in [2.24, 2.45) is 0 Å². The molecular weight excluding hydrogens is 433 g/mol.